The van der Waals surface area contributed by atoms with Gasteiger partial charge < -0.3 is 9.30 Å². The van der Waals surface area contributed by atoms with Crippen LogP contribution in [-0.2, 0) is 6.54 Å². The number of esters is 1. The monoisotopic (exact) mass is 432 g/mol. The molecule has 4 aromatic carbocycles. The van der Waals surface area contributed by atoms with E-state index in [4.69, 9.17) is 9.72 Å². The largest absolute Gasteiger partial charge is 0.423 e. The highest BCUT2D eigenvalue weighted by Crippen LogP contribution is 2.28. The number of hydrogen-bond donors (Lipinski definition) is 0. The molecule has 33 heavy (non-hydrogen) atoms. The maximum Gasteiger partial charge on any atom is 0.343 e. The normalized spacial score (nSPS) is 11.0. The molecule has 0 aliphatic heterocycles. The lowest BCUT2D eigenvalue weighted by atomic mass is 10.1. The number of rotatable bonds is 5. The van der Waals surface area contributed by atoms with Gasteiger partial charge in [0.25, 0.3) is 0 Å². The number of para-hydroxylation sites is 2. The molecule has 4 nitrogen and oxygen atoms in total. The summed E-state index contributed by atoms with van der Waals surface area (Å²) in [6.07, 6.45) is 0. The van der Waals surface area contributed by atoms with Crippen LogP contribution >= 0.6 is 0 Å². The second-order valence-corrected chi connectivity index (χ2v) is 8.21. The molecular formula is C29H24N2O2. The van der Waals surface area contributed by atoms with E-state index in [1.807, 2.05) is 86.6 Å². The minimum atomic E-state index is -0.359. The van der Waals surface area contributed by atoms with Crippen molar-refractivity contribution < 1.29 is 9.53 Å². The molecule has 5 aromatic rings. The zero-order valence-corrected chi connectivity index (χ0v) is 18.7. The number of aromatic nitrogens is 2. The maximum atomic E-state index is 12.6. The molecule has 1 aromatic heterocycles. The van der Waals surface area contributed by atoms with E-state index in [1.54, 1.807) is 6.07 Å². The van der Waals surface area contributed by atoms with Gasteiger partial charge in [0.15, 0.2) is 0 Å². The van der Waals surface area contributed by atoms with Crippen LogP contribution < -0.4 is 4.74 Å². The first-order valence-corrected chi connectivity index (χ1v) is 11.0. The Bertz CT molecular complexity index is 1430. The van der Waals surface area contributed by atoms with Gasteiger partial charge in [-0.2, -0.15) is 0 Å². The van der Waals surface area contributed by atoms with E-state index in [-0.39, 0.29) is 5.97 Å². The van der Waals surface area contributed by atoms with Gasteiger partial charge in [0.05, 0.1) is 16.6 Å². The fourth-order valence-electron chi connectivity index (χ4n) is 3.93. The summed E-state index contributed by atoms with van der Waals surface area (Å²) in [4.78, 5) is 17.5. The molecule has 0 fully saturated rings. The average Bonchev–Trinajstić information content (AvgIpc) is 3.20. The predicted molar refractivity (Wildman–Crippen MR) is 132 cm³/mol. The summed E-state index contributed by atoms with van der Waals surface area (Å²) in [5.41, 5.74) is 6.97. The molecule has 0 spiro atoms. The van der Waals surface area contributed by atoms with Crippen molar-refractivity contribution in [1.29, 1.82) is 0 Å². The summed E-state index contributed by atoms with van der Waals surface area (Å²) in [7, 11) is 0. The van der Waals surface area contributed by atoms with E-state index < -0.39 is 0 Å². The van der Waals surface area contributed by atoms with Crippen molar-refractivity contribution in [3.63, 3.8) is 0 Å². The van der Waals surface area contributed by atoms with Crippen LogP contribution in [0.3, 0.4) is 0 Å². The first-order valence-electron chi connectivity index (χ1n) is 11.0. The molecule has 0 atom stereocenters. The number of fused-ring (bicyclic) bond motifs is 1. The van der Waals surface area contributed by atoms with Crippen molar-refractivity contribution in [1.82, 2.24) is 9.55 Å². The average molecular weight is 433 g/mol. The second-order valence-electron chi connectivity index (χ2n) is 8.21. The Morgan fingerprint density at radius 2 is 1.55 bits per heavy atom. The van der Waals surface area contributed by atoms with E-state index in [2.05, 4.69) is 22.8 Å². The first-order chi connectivity index (χ1) is 16.1. The Hall–Kier alpha value is -4.18. The lowest BCUT2D eigenvalue weighted by Gasteiger charge is -2.11. The van der Waals surface area contributed by atoms with Crippen LogP contribution in [0.1, 0.15) is 27.0 Å². The molecule has 0 radical (unpaired) electrons. The molecule has 4 heteroatoms. The highest BCUT2D eigenvalue weighted by molar-refractivity contribution is 5.91. The van der Waals surface area contributed by atoms with Gasteiger partial charge in [0.2, 0.25) is 0 Å². The Morgan fingerprint density at radius 3 is 2.30 bits per heavy atom. The number of carbonyl (C=O) groups is 1. The lowest BCUT2D eigenvalue weighted by Crippen LogP contribution is -2.09. The van der Waals surface area contributed by atoms with Gasteiger partial charge in [-0.05, 0) is 79.1 Å². The van der Waals surface area contributed by atoms with Crippen molar-refractivity contribution in [2.24, 2.45) is 0 Å². The van der Waals surface area contributed by atoms with Gasteiger partial charge in [-0.3, -0.25) is 0 Å². The number of benzene rings is 4. The Balaban J connectivity index is 1.44. The maximum absolute atomic E-state index is 12.6. The van der Waals surface area contributed by atoms with E-state index >= 15 is 0 Å². The van der Waals surface area contributed by atoms with E-state index in [9.17, 15) is 4.79 Å². The summed E-state index contributed by atoms with van der Waals surface area (Å²) in [5, 5.41) is 0. The molecule has 0 bridgehead atoms. The molecule has 0 N–H and O–H groups in total. The van der Waals surface area contributed by atoms with Crippen molar-refractivity contribution in [2.45, 2.75) is 20.4 Å². The zero-order valence-electron chi connectivity index (χ0n) is 18.7. The molecule has 0 saturated carbocycles. The van der Waals surface area contributed by atoms with E-state index in [0.29, 0.717) is 11.3 Å². The minimum absolute atomic E-state index is 0.359. The van der Waals surface area contributed by atoms with Crippen LogP contribution in [0.25, 0.3) is 22.4 Å². The molecule has 0 unspecified atom stereocenters. The summed E-state index contributed by atoms with van der Waals surface area (Å²) < 4.78 is 7.83. The first kappa shape index (κ1) is 20.7. The molecular weight excluding hydrogens is 408 g/mol. The van der Waals surface area contributed by atoms with Crippen molar-refractivity contribution in [3.05, 3.63) is 119 Å². The predicted octanol–water partition coefficient (Wildman–Crippen LogP) is 6.59. The topological polar surface area (TPSA) is 44.1 Å². The molecule has 0 aliphatic carbocycles. The van der Waals surface area contributed by atoms with Crippen LogP contribution in [0.5, 0.6) is 5.75 Å². The zero-order chi connectivity index (χ0) is 22.8. The van der Waals surface area contributed by atoms with Gasteiger partial charge in [-0.25, -0.2) is 9.78 Å². The summed E-state index contributed by atoms with van der Waals surface area (Å²) >= 11 is 0. The van der Waals surface area contributed by atoms with Gasteiger partial charge in [-0.15, -0.1) is 0 Å². The SMILES string of the molecule is Cc1ccc(C(=O)Oc2ccc(-c3nc4ccccc4n3Cc3ccccc3)cc2)cc1C. The summed E-state index contributed by atoms with van der Waals surface area (Å²) in [5.74, 6) is 1.03. The van der Waals surface area contributed by atoms with Gasteiger partial charge in [0.1, 0.15) is 11.6 Å². The molecule has 0 amide bonds. The molecule has 162 valence electrons. The summed E-state index contributed by atoms with van der Waals surface area (Å²) in [6.45, 7) is 4.73. The summed E-state index contributed by atoms with van der Waals surface area (Å²) in [6, 6.07) is 31.6. The fraction of sp³-hybridized carbons (Fsp3) is 0.103. The fourth-order valence-corrected chi connectivity index (χ4v) is 3.93. The smallest absolute Gasteiger partial charge is 0.343 e. The van der Waals surface area contributed by atoms with Crippen LogP contribution in [0.2, 0.25) is 0 Å². The number of imidazole rings is 1. The third-order valence-corrected chi connectivity index (χ3v) is 5.90. The number of hydrogen-bond acceptors (Lipinski definition) is 3. The van der Waals surface area contributed by atoms with E-state index in [0.717, 1.165) is 40.1 Å². The highest BCUT2D eigenvalue weighted by Gasteiger charge is 2.14. The molecule has 5 rings (SSSR count). The lowest BCUT2D eigenvalue weighted by molar-refractivity contribution is 0.0734. The van der Waals surface area contributed by atoms with Gasteiger partial charge in [0, 0.05) is 12.1 Å². The van der Waals surface area contributed by atoms with Crippen LogP contribution in [0.15, 0.2) is 97.1 Å². The highest BCUT2D eigenvalue weighted by atomic mass is 16.5. The Morgan fingerprint density at radius 1 is 0.818 bits per heavy atom. The second kappa shape index (κ2) is 8.75. The number of carbonyl (C=O) groups excluding carboxylic acids is 1. The quantitative estimate of drug-likeness (QED) is 0.232. The van der Waals surface area contributed by atoms with Crippen LogP contribution in [-0.4, -0.2) is 15.5 Å². The van der Waals surface area contributed by atoms with Gasteiger partial charge >= 0.3 is 5.97 Å². The minimum Gasteiger partial charge on any atom is -0.423 e. The molecule has 0 saturated heterocycles. The Labute approximate surface area is 193 Å². The molecule has 0 aliphatic rings. The number of ether oxygens (including phenoxy) is 1. The van der Waals surface area contributed by atoms with Crippen LogP contribution in [0, 0.1) is 13.8 Å². The third-order valence-electron chi connectivity index (χ3n) is 5.90. The van der Waals surface area contributed by atoms with Crippen molar-refractivity contribution in [2.75, 3.05) is 0 Å². The third kappa shape index (κ3) is 4.28. The van der Waals surface area contributed by atoms with Gasteiger partial charge in [-0.1, -0.05) is 48.5 Å². The Kier molecular flexibility index (Phi) is 5.49. The standard InChI is InChI=1S/C29H24N2O2/c1-20-12-13-24(18-21(20)2)29(32)33-25-16-14-23(15-17-25)28-30-26-10-6-7-11-27(26)31(28)19-22-8-4-3-5-9-22/h3-18H,19H2,1-2H3. The van der Waals surface area contributed by atoms with Crippen molar-refractivity contribution >= 4 is 17.0 Å². The van der Waals surface area contributed by atoms with E-state index in [1.165, 1.54) is 5.56 Å². The molecule has 1 heterocycles. The number of aryl methyl sites for hydroxylation is 2. The number of nitrogens with zero attached hydrogens (tertiary/aromatic N) is 2. The van der Waals surface area contributed by atoms with Crippen LogP contribution in [0.4, 0.5) is 0 Å². The van der Waals surface area contributed by atoms with Crippen molar-refractivity contribution in [3.8, 4) is 17.1 Å².